The molecule has 0 aliphatic heterocycles. The largest absolute Gasteiger partial charge is 0.384 e. The van der Waals surface area contributed by atoms with E-state index in [0.717, 1.165) is 12.2 Å². The van der Waals surface area contributed by atoms with Gasteiger partial charge < -0.3 is 5.32 Å². The van der Waals surface area contributed by atoms with Gasteiger partial charge in [0.1, 0.15) is 0 Å². The molecule has 0 atom stereocenters. The van der Waals surface area contributed by atoms with Crippen molar-refractivity contribution in [2.75, 3.05) is 6.54 Å². The highest BCUT2D eigenvalue weighted by Gasteiger charge is 1.86. The molecule has 0 aliphatic rings. The van der Waals surface area contributed by atoms with Crippen molar-refractivity contribution in [3.05, 3.63) is 23.9 Å². The maximum Gasteiger partial charge on any atom is 0.0640 e. The molecule has 0 fully saturated rings. The molecule has 0 amide bonds. The minimum absolute atomic E-state index is 0.550. The summed E-state index contributed by atoms with van der Waals surface area (Å²) in [6.45, 7) is 8.66. The quantitative estimate of drug-likeness (QED) is 0.533. The van der Waals surface area contributed by atoms with Gasteiger partial charge in [0.25, 0.3) is 0 Å². The second-order valence-electron chi connectivity index (χ2n) is 2.08. The minimum atomic E-state index is 0.550. The Labute approximate surface area is 82.0 Å². The summed E-state index contributed by atoms with van der Waals surface area (Å²) in [5.41, 5.74) is 1.07. The monoisotopic (exact) mass is 180 g/mol. The van der Waals surface area contributed by atoms with Gasteiger partial charge in [-0.1, -0.05) is 26.0 Å². The SMILES string of the molecule is C/C=C\C(=C/C)NCCC#N.CC. The Hall–Kier alpha value is -1.23. The van der Waals surface area contributed by atoms with Gasteiger partial charge in [-0.3, -0.25) is 0 Å². The molecule has 0 radical (unpaired) electrons. The fraction of sp³-hybridized carbons (Fsp3) is 0.545. The second kappa shape index (κ2) is 13.4. The Balaban J connectivity index is 0. The first kappa shape index (κ1) is 14.3. The van der Waals surface area contributed by atoms with Gasteiger partial charge in [-0.15, -0.1) is 0 Å². The van der Waals surface area contributed by atoms with Crippen molar-refractivity contribution in [2.45, 2.75) is 34.1 Å². The minimum Gasteiger partial charge on any atom is -0.384 e. The lowest BCUT2D eigenvalue weighted by atomic mass is 10.3. The maximum atomic E-state index is 8.25. The molecule has 0 saturated heterocycles. The van der Waals surface area contributed by atoms with Gasteiger partial charge in [0.2, 0.25) is 0 Å². The Morgan fingerprint density at radius 3 is 2.38 bits per heavy atom. The molecule has 0 bridgehead atoms. The molecule has 2 nitrogen and oxygen atoms in total. The normalized spacial score (nSPS) is 10.2. The predicted molar refractivity (Wildman–Crippen MR) is 58.2 cm³/mol. The van der Waals surface area contributed by atoms with Crippen molar-refractivity contribution in [3.63, 3.8) is 0 Å². The van der Waals surface area contributed by atoms with Crippen LogP contribution in [-0.2, 0) is 0 Å². The van der Waals surface area contributed by atoms with E-state index in [4.69, 9.17) is 5.26 Å². The Morgan fingerprint density at radius 2 is 2.00 bits per heavy atom. The van der Waals surface area contributed by atoms with Gasteiger partial charge in [-0.05, 0) is 19.9 Å². The summed E-state index contributed by atoms with van der Waals surface area (Å²) in [7, 11) is 0. The van der Waals surface area contributed by atoms with Crippen LogP contribution in [0.15, 0.2) is 23.9 Å². The van der Waals surface area contributed by atoms with Crippen LogP contribution in [0.5, 0.6) is 0 Å². The number of rotatable bonds is 4. The predicted octanol–water partition coefficient (Wildman–Crippen LogP) is 3.00. The smallest absolute Gasteiger partial charge is 0.0640 e. The highest BCUT2D eigenvalue weighted by Crippen LogP contribution is 1.90. The summed E-state index contributed by atoms with van der Waals surface area (Å²) in [4.78, 5) is 0. The zero-order chi connectivity index (χ0) is 10.5. The van der Waals surface area contributed by atoms with Crippen LogP contribution < -0.4 is 5.32 Å². The maximum absolute atomic E-state index is 8.25. The molecule has 0 spiro atoms. The summed E-state index contributed by atoms with van der Waals surface area (Å²) in [5, 5.41) is 11.4. The highest BCUT2D eigenvalue weighted by molar-refractivity contribution is 5.14. The van der Waals surface area contributed by atoms with Gasteiger partial charge in [-0.2, -0.15) is 5.26 Å². The number of allylic oxidation sites excluding steroid dienone is 3. The molecular weight excluding hydrogens is 160 g/mol. The Morgan fingerprint density at radius 1 is 1.38 bits per heavy atom. The molecule has 0 aromatic carbocycles. The van der Waals surface area contributed by atoms with E-state index in [0.29, 0.717) is 6.42 Å². The Kier molecular flexibility index (Phi) is 14.7. The lowest BCUT2D eigenvalue weighted by Gasteiger charge is -2.02. The van der Waals surface area contributed by atoms with Crippen molar-refractivity contribution in [1.29, 1.82) is 5.26 Å². The van der Waals surface area contributed by atoms with Crippen LogP contribution in [0.2, 0.25) is 0 Å². The first-order chi connectivity index (χ1) is 6.35. The molecule has 1 N–H and O–H groups in total. The van der Waals surface area contributed by atoms with Crippen molar-refractivity contribution >= 4 is 0 Å². The summed E-state index contributed by atoms with van der Waals surface area (Å²) >= 11 is 0. The molecular formula is C11H20N2. The first-order valence-corrected chi connectivity index (χ1v) is 4.75. The molecule has 0 saturated carbocycles. The van der Waals surface area contributed by atoms with Crippen LogP contribution >= 0.6 is 0 Å². The number of nitrogens with zero attached hydrogens (tertiary/aromatic N) is 1. The van der Waals surface area contributed by atoms with Crippen LogP contribution in [0.25, 0.3) is 0 Å². The van der Waals surface area contributed by atoms with Crippen LogP contribution in [0.4, 0.5) is 0 Å². The van der Waals surface area contributed by atoms with E-state index in [1.165, 1.54) is 0 Å². The molecule has 0 rings (SSSR count). The molecule has 13 heavy (non-hydrogen) atoms. The van der Waals surface area contributed by atoms with Crippen LogP contribution in [0.3, 0.4) is 0 Å². The van der Waals surface area contributed by atoms with E-state index in [-0.39, 0.29) is 0 Å². The van der Waals surface area contributed by atoms with Gasteiger partial charge in [0.15, 0.2) is 0 Å². The van der Waals surface area contributed by atoms with E-state index < -0.39 is 0 Å². The van der Waals surface area contributed by atoms with Crippen molar-refractivity contribution in [3.8, 4) is 6.07 Å². The third-order valence-electron chi connectivity index (χ3n) is 1.22. The topological polar surface area (TPSA) is 35.8 Å². The van der Waals surface area contributed by atoms with E-state index >= 15 is 0 Å². The lowest BCUT2D eigenvalue weighted by molar-refractivity contribution is 0.825. The average molecular weight is 180 g/mol. The van der Waals surface area contributed by atoms with Gasteiger partial charge in [-0.25, -0.2) is 0 Å². The first-order valence-electron chi connectivity index (χ1n) is 4.75. The second-order valence-corrected chi connectivity index (χ2v) is 2.08. The van der Waals surface area contributed by atoms with Gasteiger partial charge in [0.05, 0.1) is 12.5 Å². The van der Waals surface area contributed by atoms with Gasteiger partial charge in [0, 0.05) is 12.2 Å². The van der Waals surface area contributed by atoms with Crippen molar-refractivity contribution < 1.29 is 0 Å². The highest BCUT2D eigenvalue weighted by atomic mass is 14.9. The summed E-state index contributed by atoms with van der Waals surface area (Å²) in [6, 6.07) is 2.08. The zero-order valence-electron chi connectivity index (χ0n) is 9.09. The zero-order valence-corrected chi connectivity index (χ0v) is 9.09. The standard InChI is InChI=1S/C9H14N2.C2H6/c1-3-6-9(4-2)11-8-5-7-10;1-2/h3-4,6,11H,5,8H2,1-2H3;1-2H3/b6-3-,9-4+;. The van der Waals surface area contributed by atoms with Crippen molar-refractivity contribution in [1.82, 2.24) is 5.32 Å². The van der Waals surface area contributed by atoms with E-state index in [1.54, 1.807) is 0 Å². The van der Waals surface area contributed by atoms with Crippen LogP contribution in [0.1, 0.15) is 34.1 Å². The molecule has 74 valence electrons. The summed E-state index contributed by atoms with van der Waals surface area (Å²) in [5.74, 6) is 0. The molecule has 0 heterocycles. The van der Waals surface area contributed by atoms with E-state index in [9.17, 15) is 0 Å². The van der Waals surface area contributed by atoms with Crippen molar-refractivity contribution in [2.24, 2.45) is 0 Å². The van der Waals surface area contributed by atoms with Crippen LogP contribution in [-0.4, -0.2) is 6.54 Å². The molecule has 0 unspecified atom stereocenters. The van der Waals surface area contributed by atoms with E-state index in [1.807, 2.05) is 45.9 Å². The van der Waals surface area contributed by atoms with Gasteiger partial charge >= 0.3 is 0 Å². The lowest BCUT2D eigenvalue weighted by Crippen LogP contribution is -2.12. The summed E-state index contributed by atoms with van der Waals surface area (Å²) in [6.07, 6.45) is 6.48. The number of hydrogen-bond acceptors (Lipinski definition) is 2. The summed E-state index contributed by atoms with van der Waals surface area (Å²) < 4.78 is 0. The third kappa shape index (κ3) is 10.8. The molecule has 0 aromatic heterocycles. The molecule has 2 heteroatoms. The number of nitrogens with one attached hydrogen (secondary N) is 1. The van der Waals surface area contributed by atoms with E-state index in [2.05, 4.69) is 11.4 Å². The number of hydrogen-bond donors (Lipinski definition) is 1. The fourth-order valence-corrected chi connectivity index (χ4v) is 0.700. The Bertz CT molecular complexity index is 185. The fourth-order valence-electron chi connectivity index (χ4n) is 0.700. The molecule has 0 aliphatic carbocycles. The number of nitriles is 1. The van der Waals surface area contributed by atoms with Crippen LogP contribution in [0, 0.1) is 11.3 Å². The molecule has 0 aromatic rings. The average Bonchev–Trinajstić information content (AvgIpc) is 2.20. The third-order valence-corrected chi connectivity index (χ3v) is 1.22.